The first-order valence-electron chi connectivity index (χ1n) is 8.84. The number of fused-ring (bicyclic) bond motifs is 1. The van der Waals surface area contributed by atoms with Gasteiger partial charge in [0, 0.05) is 17.4 Å². The van der Waals surface area contributed by atoms with Crippen LogP contribution < -0.4 is 5.32 Å². The molecule has 0 radical (unpaired) electrons. The average molecular weight is 336 g/mol. The summed E-state index contributed by atoms with van der Waals surface area (Å²) < 4.78 is 2.19. The number of imidazole rings is 1. The molecule has 4 nitrogen and oxygen atoms in total. The molecule has 0 fully saturated rings. The van der Waals surface area contributed by atoms with Gasteiger partial charge in [-0.2, -0.15) is 0 Å². The third kappa shape index (κ3) is 3.84. The van der Waals surface area contributed by atoms with Crippen molar-refractivity contribution in [1.29, 1.82) is 0 Å². The van der Waals surface area contributed by atoms with Gasteiger partial charge in [-0.25, -0.2) is 4.98 Å². The summed E-state index contributed by atoms with van der Waals surface area (Å²) in [5, 5.41) is 3.77. The van der Waals surface area contributed by atoms with Crippen LogP contribution in [0.3, 0.4) is 0 Å². The quantitative estimate of drug-likeness (QED) is 0.700. The van der Waals surface area contributed by atoms with Crippen molar-refractivity contribution in [3.8, 4) is 11.4 Å². The highest BCUT2D eigenvalue weighted by molar-refractivity contribution is 5.75. The van der Waals surface area contributed by atoms with E-state index < -0.39 is 0 Å². The van der Waals surface area contributed by atoms with Crippen LogP contribution in [0.5, 0.6) is 0 Å². The molecule has 3 aromatic rings. The van der Waals surface area contributed by atoms with E-state index in [2.05, 4.69) is 62.3 Å². The smallest absolute Gasteiger partial charge is 0.141 e. The number of aromatic nitrogens is 3. The molecule has 0 saturated heterocycles. The van der Waals surface area contributed by atoms with Gasteiger partial charge in [-0.15, -0.1) is 0 Å². The predicted octanol–water partition coefficient (Wildman–Crippen LogP) is 5.33. The van der Waals surface area contributed by atoms with Crippen LogP contribution >= 0.6 is 0 Å². The Balaban J connectivity index is 2.15. The maximum atomic E-state index is 4.86. The summed E-state index contributed by atoms with van der Waals surface area (Å²) in [6.07, 6.45) is 2.86. The minimum Gasteiger partial charge on any atom is -0.364 e. The second-order valence-electron chi connectivity index (χ2n) is 8.63. The average Bonchev–Trinajstić information content (AvgIpc) is 2.85. The minimum atomic E-state index is -0.0694. The van der Waals surface area contributed by atoms with Crippen molar-refractivity contribution < 1.29 is 0 Å². The van der Waals surface area contributed by atoms with Crippen molar-refractivity contribution >= 4 is 11.5 Å². The number of nitrogens with one attached hydrogen (secondary N) is 1. The largest absolute Gasteiger partial charge is 0.364 e. The van der Waals surface area contributed by atoms with E-state index in [-0.39, 0.29) is 11.0 Å². The minimum absolute atomic E-state index is 0.0694. The van der Waals surface area contributed by atoms with Crippen LogP contribution in [0.1, 0.15) is 46.7 Å². The first-order valence-corrected chi connectivity index (χ1v) is 8.84. The van der Waals surface area contributed by atoms with Gasteiger partial charge in [-0.3, -0.25) is 9.38 Å². The number of aryl methyl sites for hydroxylation is 1. The van der Waals surface area contributed by atoms with Crippen LogP contribution in [-0.2, 0) is 0 Å². The lowest BCUT2D eigenvalue weighted by Crippen LogP contribution is -2.36. The Morgan fingerprint density at radius 3 is 2.40 bits per heavy atom. The molecule has 3 heterocycles. The normalized spacial score (nSPS) is 12.6. The molecule has 0 unspecified atom stereocenters. The zero-order chi connectivity index (χ0) is 18.2. The van der Waals surface area contributed by atoms with E-state index >= 15 is 0 Å². The van der Waals surface area contributed by atoms with Crippen LogP contribution in [0.25, 0.3) is 17.0 Å². The van der Waals surface area contributed by atoms with Crippen molar-refractivity contribution in [1.82, 2.24) is 14.4 Å². The Morgan fingerprint density at radius 2 is 1.76 bits per heavy atom. The highest BCUT2D eigenvalue weighted by atomic mass is 15.2. The molecule has 132 valence electrons. The van der Waals surface area contributed by atoms with E-state index in [0.29, 0.717) is 0 Å². The van der Waals surface area contributed by atoms with Crippen LogP contribution in [-0.4, -0.2) is 19.9 Å². The SMILES string of the molecule is Cc1cccc2nc(-c3ccccn3)c(NC(C)(C)CC(C)(C)C)n12. The van der Waals surface area contributed by atoms with Gasteiger partial charge >= 0.3 is 0 Å². The number of pyridine rings is 2. The fourth-order valence-corrected chi connectivity index (χ4v) is 3.74. The highest BCUT2D eigenvalue weighted by Gasteiger charge is 2.28. The van der Waals surface area contributed by atoms with Crippen LogP contribution in [0.2, 0.25) is 0 Å². The number of nitrogens with zero attached hydrogens (tertiary/aromatic N) is 3. The number of hydrogen-bond donors (Lipinski definition) is 1. The molecule has 3 rings (SSSR count). The van der Waals surface area contributed by atoms with Gasteiger partial charge in [-0.1, -0.05) is 32.9 Å². The van der Waals surface area contributed by atoms with E-state index in [4.69, 9.17) is 4.98 Å². The van der Waals surface area contributed by atoms with Crippen LogP contribution in [0.4, 0.5) is 5.82 Å². The van der Waals surface area contributed by atoms with Crippen molar-refractivity contribution in [3.63, 3.8) is 0 Å². The summed E-state index contributed by atoms with van der Waals surface area (Å²) in [5.74, 6) is 1.01. The molecule has 1 N–H and O–H groups in total. The van der Waals surface area contributed by atoms with E-state index in [1.165, 1.54) is 0 Å². The molecule has 3 aromatic heterocycles. The van der Waals surface area contributed by atoms with Crippen LogP contribution in [0, 0.1) is 12.3 Å². The summed E-state index contributed by atoms with van der Waals surface area (Å²) in [4.78, 5) is 9.39. The second-order valence-corrected chi connectivity index (χ2v) is 8.63. The molecule has 0 aliphatic heterocycles. The monoisotopic (exact) mass is 336 g/mol. The third-order valence-corrected chi connectivity index (χ3v) is 4.18. The summed E-state index contributed by atoms with van der Waals surface area (Å²) in [6.45, 7) is 13.4. The molecule has 0 aliphatic rings. The Labute approximate surface area is 150 Å². The van der Waals surface area contributed by atoms with E-state index in [9.17, 15) is 0 Å². The predicted molar refractivity (Wildman–Crippen MR) is 105 cm³/mol. The molecule has 0 saturated carbocycles. The van der Waals surface area contributed by atoms with Crippen molar-refractivity contribution in [2.75, 3.05) is 5.32 Å². The zero-order valence-electron chi connectivity index (χ0n) is 16.1. The van der Waals surface area contributed by atoms with Gasteiger partial charge in [0.05, 0.1) is 5.69 Å². The molecule has 0 bridgehead atoms. The Kier molecular flexibility index (Phi) is 4.31. The van der Waals surface area contributed by atoms with Gasteiger partial charge < -0.3 is 5.32 Å². The summed E-state index contributed by atoms with van der Waals surface area (Å²) >= 11 is 0. The standard InChI is InChI=1S/C21H28N4/c1-15-10-9-12-17-23-18(16-11-7-8-13-22-16)19(25(15)17)24-21(5,6)14-20(2,3)4/h7-13,24H,14H2,1-6H3. The van der Waals surface area contributed by atoms with Gasteiger partial charge in [0.2, 0.25) is 0 Å². The first kappa shape index (κ1) is 17.5. The molecule has 0 aliphatic carbocycles. The lowest BCUT2D eigenvalue weighted by atomic mass is 9.82. The Hall–Kier alpha value is -2.36. The van der Waals surface area contributed by atoms with Crippen molar-refractivity contribution in [2.45, 2.75) is 53.5 Å². The Morgan fingerprint density at radius 1 is 1.00 bits per heavy atom. The topological polar surface area (TPSA) is 42.2 Å². The summed E-state index contributed by atoms with van der Waals surface area (Å²) in [7, 11) is 0. The lowest BCUT2D eigenvalue weighted by Gasteiger charge is -2.34. The molecule has 0 spiro atoms. The summed E-state index contributed by atoms with van der Waals surface area (Å²) in [5.41, 5.74) is 4.05. The van der Waals surface area contributed by atoms with Crippen LogP contribution in [0.15, 0.2) is 42.6 Å². The molecular formula is C21H28N4. The second kappa shape index (κ2) is 6.17. The number of rotatable bonds is 4. The first-order chi connectivity index (χ1) is 11.7. The fourth-order valence-electron chi connectivity index (χ4n) is 3.74. The van der Waals surface area contributed by atoms with E-state index in [1.54, 1.807) is 0 Å². The van der Waals surface area contributed by atoms with Gasteiger partial charge in [0.25, 0.3) is 0 Å². The Bertz CT molecular complexity index is 870. The number of anilines is 1. The molecule has 0 amide bonds. The third-order valence-electron chi connectivity index (χ3n) is 4.18. The van der Waals surface area contributed by atoms with Gasteiger partial charge in [-0.05, 0) is 56.9 Å². The van der Waals surface area contributed by atoms with Crippen molar-refractivity contribution in [3.05, 3.63) is 48.3 Å². The fraction of sp³-hybridized carbons (Fsp3) is 0.429. The van der Waals surface area contributed by atoms with Crippen molar-refractivity contribution in [2.24, 2.45) is 5.41 Å². The van der Waals surface area contributed by atoms with Gasteiger partial charge in [0.15, 0.2) is 0 Å². The lowest BCUT2D eigenvalue weighted by molar-refractivity contribution is 0.302. The highest BCUT2D eigenvalue weighted by Crippen LogP contribution is 2.34. The number of hydrogen-bond acceptors (Lipinski definition) is 3. The molecule has 25 heavy (non-hydrogen) atoms. The maximum Gasteiger partial charge on any atom is 0.141 e. The van der Waals surface area contributed by atoms with E-state index in [0.717, 1.165) is 35.0 Å². The summed E-state index contributed by atoms with van der Waals surface area (Å²) in [6, 6.07) is 12.1. The maximum absolute atomic E-state index is 4.86. The van der Waals surface area contributed by atoms with Gasteiger partial charge in [0.1, 0.15) is 17.2 Å². The zero-order valence-corrected chi connectivity index (χ0v) is 16.1. The van der Waals surface area contributed by atoms with E-state index in [1.807, 2.05) is 36.5 Å². The molecule has 4 heteroatoms. The molecule has 0 aromatic carbocycles. The molecular weight excluding hydrogens is 308 g/mol. The molecule has 0 atom stereocenters.